The minimum absolute atomic E-state index is 0.410. The molecule has 0 aromatic heterocycles. The molecule has 0 spiro atoms. The summed E-state index contributed by atoms with van der Waals surface area (Å²) in [6.07, 6.45) is 1.34. The van der Waals surface area contributed by atoms with Gasteiger partial charge in [-0.15, -0.1) is 0 Å². The van der Waals surface area contributed by atoms with E-state index < -0.39 is 0 Å². The van der Waals surface area contributed by atoms with Gasteiger partial charge < -0.3 is 10.6 Å². The Morgan fingerprint density at radius 3 is 2.27 bits per heavy atom. The normalized spacial score (nSPS) is 43.4. The summed E-state index contributed by atoms with van der Waals surface area (Å²) in [5.41, 5.74) is 0.410. The summed E-state index contributed by atoms with van der Waals surface area (Å²) >= 11 is 0. The molecule has 11 heavy (non-hydrogen) atoms. The molecule has 0 aliphatic carbocycles. The third-order valence-corrected chi connectivity index (χ3v) is 2.92. The van der Waals surface area contributed by atoms with E-state index in [1.165, 1.54) is 13.0 Å². The van der Waals surface area contributed by atoms with Gasteiger partial charge in [-0.1, -0.05) is 20.8 Å². The SMILES string of the molecule is CC(C)(C)C1N[C@H]2CN[C@@H]1C2. The summed E-state index contributed by atoms with van der Waals surface area (Å²) in [4.78, 5) is 0. The highest BCUT2D eigenvalue weighted by molar-refractivity contribution is 5.06. The molecule has 3 atom stereocenters. The van der Waals surface area contributed by atoms with E-state index in [4.69, 9.17) is 0 Å². The summed E-state index contributed by atoms with van der Waals surface area (Å²) in [6.45, 7) is 8.12. The van der Waals surface area contributed by atoms with E-state index in [1.54, 1.807) is 0 Å². The van der Waals surface area contributed by atoms with E-state index in [0.29, 0.717) is 11.5 Å². The van der Waals surface area contributed by atoms with Crippen molar-refractivity contribution in [3.05, 3.63) is 0 Å². The molecule has 2 aliphatic heterocycles. The van der Waals surface area contributed by atoms with Crippen LogP contribution in [0, 0.1) is 5.41 Å². The Morgan fingerprint density at radius 2 is 2.00 bits per heavy atom. The van der Waals surface area contributed by atoms with Crippen LogP contribution in [0.1, 0.15) is 27.2 Å². The zero-order chi connectivity index (χ0) is 8.06. The molecule has 0 amide bonds. The zero-order valence-corrected chi connectivity index (χ0v) is 7.65. The van der Waals surface area contributed by atoms with Gasteiger partial charge in [-0.2, -0.15) is 0 Å². The van der Waals surface area contributed by atoms with Gasteiger partial charge in [0.05, 0.1) is 0 Å². The quantitative estimate of drug-likeness (QED) is 0.537. The third kappa shape index (κ3) is 1.18. The maximum absolute atomic E-state index is 3.67. The molecule has 2 nitrogen and oxygen atoms in total. The predicted octanol–water partition coefficient (Wildman–Crippen LogP) is 0.735. The van der Waals surface area contributed by atoms with Crippen molar-refractivity contribution in [1.82, 2.24) is 10.6 Å². The second-order valence-electron chi connectivity index (χ2n) is 4.96. The highest BCUT2D eigenvalue weighted by Crippen LogP contribution is 2.31. The Kier molecular flexibility index (Phi) is 1.52. The fourth-order valence-corrected chi connectivity index (χ4v) is 2.37. The van der Waals surface area contributed by atoms with Crippen molar-refractivity contribution in [2.75, 3.05) is 6.54 Å². The number of fused-ring (bicyclic) bond motifs is 2. The van der Waals surface area contributed by atoms with Crippen molar-refractivity contribution in [2.45, 2.75) is 45.3 Å². The Bertz CT molecular complexity index is 159. The minimum atomic E-state index is 0.410. The first-order chi connectivity index (χ1) is 5.07. The van der Waals surface area contributed by atoms with E-state index in [0.717, 1.165) is 12.1 Å². The molecule has 0 radical (unpaired) electrons. The largest absolute Gasteiger partial charge is 0.311 e. The van der Waals surface area contributed by atoms with Crippen LogP contribution in [0.15, 0.2) is 0 Å². The van der Waals surface area contributed by atoms with Crippen molar-refractivity contribution in [3.8, 4) is 0 Å². The van der Waals surface area contributed by atoms with Crippen LogP contribution in [0.25, 0.3) is 0 Å². The number of hydrogen-bond donors (Lipinski definition) is 2. The molecule has 2 saturated heterocycles. The minimum Gasteiger partial charge on any atom is -0.311 e. The van der Waals surface area contributed by atoms with Gasteiger partial charge in [0.15, 0.2) is 0 Å². The number of rotatable bonds is 0. The second kappa shape index (κ2) is 2.20. The summed E-state index contributed by atoms with van der Waals surface area (Å²) < 4.78 is 0. The molecular weight excluding hydrogens is 136 g/mol. The lowest BCUT2D eigenvalue weighted by Crippen LogP contribution is -2.54. The van der Waals surface area contributed by atoms with Crippen molar-refractivity contribution < 1.29 is 0 Å². The van der Waals surface area contributed by atoms with Crippen molar-refractivity contribution in [2.24, 2.45) is 5.41 Å². The molecule has 2 heterocycles. The summed E-state index contributed by atoms with van der Waals surface area (Å²) in [5.74, 6) is 0. The Hall–Kier alpha value is -0.0800. The lowest BCUT2D eigenvalue weighted by atomic mass is 9.83. The lowest BCUT2D eigenvalue weighted by Gasteiger charge is -2.35. The maximum Gasteiger partial charge on any atom is 0.0273 e. The van der Waals surface area contributed by atoms with Crippen molar-refractivity contribution >= 4 is 0 Å². The molecule has 2 rings (SSSR count). The lowest BCUT2D eigenvalue weighted by molar-refractivity contribution is 0.232. The molecule has 0 aromatic carbocycles. The molecular formula is C9H18N2. The van der Waals surface area contributed by atoms with Crippen molar-refractivity contribution in [3.63, 3.8) is 0 Å². The second-order valence-corrected chi connectivity index (χ2v) is 4.96. The fraction of sp³-hybridized carbons (Fsp3) is 1.00. The third-order valence-electron chi connectivity index (χ3n) is 2.92. The first-order valence-electron chi connectivity index (χ1n) is 4.57. The summed E-state index contributed by atoms with van der Waals surface area (Å²) in [6, 6.07) is 2.17. The van der Waals surface area contributed by atoms with E-state index >= 15 is 0 Å². The zero-order valence-electron chi connectivity index (χ0n) is 7.65. The van der Waals surface area contributed by atoms with Crippen LogP contribution in [0.2, 0.25) is 0 Å². The summed E-state index contributed by atoms with van der Waals surface area (Å²) in [5, 5.41) is 7.22. The van der Waals surface area contributed by atoms with E-state index in [9.17, 15) is 0 Å². The number of piperazine rings is 1. The first-order valence-corrected chi connectivity index (χ1v) is 4.57. The number of hydrogen-bond acceptors (Lipinski definition) is 2. The fourth-order valence-electron chi connectivity index (χ4n) is 2.37. The summed E-state index contributed by atoms with van der Waals surface area (Å²) in [7, 11) is 0. The number of nitrogens with one attached hydrogen (secondary N) is 2. The standard InChI is InChI=1S/C9H18N2/c1-9(2,3)8-7-4-6(11-8)5-10-7/h6-8,10-11H,4-5H2,1-3H3/t6-,7-,8?/m1/s1. The Morgan fingerprint density at radius 1 is 1.27 bits per heavy atom. The highest BCUT2D eigenvalue weighted by atomic mass is 15.2. The van der Waals surface area contributed by atoms with Crippen LogP contribution >= 0.6 is 0 Å². The Balaban J connectivity index is 2.08. The molecule has 0 saturated carbocycles. The molecule has 2 heteroatoms. The van der Waals surface area contributed by atoms with Crippen LogP contribution < -0.4 is 10.6 Å². The Labute approximate surface area is 68.7 Å². The van der Waals surface area contributed by atoms with Gasteiger partial charge in [0.1, 0.15) is 0 Å². The van der Waals surface area contributed by atoms with Crippen LogP contribution in [-0.2, 0) is 0 Å². The monoisotopic (exact) mass is 154 g/mol. The molecule has 64 valence electrons. The molecule has 1 unspecified atom stereocenters. The first kappa shape index (κ1) is 7.56. The molecule has 0 aromatic rings. The van der Waals surface area contributed by atoms with Gasteiger partial charge in [0.2, 0.25) is 0 Å². The molecule has 2 N–H and O–H groups in total. The predicted molar refractivity (Wildman–Crippen MR) is 46.6 cm³/mol. The average Bonchev–Trinajstić information content (AvgIpc) is 2.42. The van der Waals surface area contributed by atoms with Crippen molar-refractivity contribution in [1.29, 1.82) is 0 Å². The van der Waals surface area contributed by atoms with Crippen LogP contribution in [-0.4, -0.2) is 24.7 Å². The van der Waals surface area contributed by atoms with Gasteiger partial charge in [-0.25, -0.2) is 0 Å². The van der Waals surface area contributed by atoms with Gasteiger partial charge in [-0.3, -0.25) is 0 Å². The smallest absolute Gasteiger partial charge is 0.0273 e. The average molecular weight is 154 g/mol. The highest BCUT2D eigenvalue weighted by Gasteiger charge is 2.43. The molecule has 2 aliphatic rings. The maximum atomic E-state index is 3.67. The van der Waals surface area contributed by atoms with Crippen LogP contribution in [0.3, 0.4) is 0 Å². The van der Waals surface area contributed by atoms with E-state index in [2.05, 4.69) is 31.4 Å². The van der Waals surface area contributed by atoms with Crippen LogP contribution in [0.4, 0.5) is 0 Å². The van der Waals surface area contributed by atoms with E-state index in [1.807, 2.05) is 0 Å². The van der Waals surface area contributed by atoms with Gasteiger partial charge in [-0.05, 0) is 11.8 Å². The van der Waals surface area contributed by atoms with Crippen LogP contribution in [0.5, 0.6) is 0 Å². The molecule has 2 fully saturated rings. The molecule has 2 bridgehead atoms. The van der Waals surface area contributed by atoms with Gasteiger partial charge in [0.25, 0.3) is 0 Å². The van der Waals surface area contributed by atoms with Gasteiger partial charge in [0, 0.05) is 24.7 Å². The van der Waals surface area contributed by atoms with Gasteiger partial charge >= 0.3 is 0 Å². The van der Waals surface area contributed by atoms with E-state index in [-0.39, 0.29) is 0 Å². The topological polar surface area (TPSA) is 24.1 Å².